The molecule has 1 aliphatic heterocycles. The standard InChI is InChI=1S/C13H19FN2O/c1-15-12-5-6-16(9-12)8-10-7-11(14)3-4-13(10)17-2/h3-4,7,12,15H,5-6,8-9H2,1-2H3. The zero-order valence-electron chi connectivity index (χ0n) is 10.4. The predicted octanol–water partition coefficient (Wildman–Crippen LogP) is 1.63. The molecule has 1 fully saturated rings. The zero-order chi connectivity index (χ0) is 12.3. The van der Waals surface area contributed by atoms with Crippen LogP contribution in [-0.4, -0.2) is 38.2 Å². The van der Waals surface area contributed by atoms with E-state index in [-0.39, 0.29) is 5.82 Å². The van der Waals surface area contributed by atoms with Gasteiger partial charge in [0.15, 0.2) is 0 Å². The zero-order valence-corrected chi connectivity index (χ0v) is 10.4. The first kappa shape index (κ1) is 12.3. The molecule has 0 radical (unpaired) electrons. The maximum Gasteiger partial charge on any atom is 0.123 e. The molecule has 0 aliphatic carbocycles. The Balaban J connectivity index is 2.05. The maximum atomic E-state index is 13.2. The van der Waals surface area contributed by atoms with E-state index >= 15 is 0 Å². The molecule has 17 heavy (non-hydrogen) atoms. The van der Waals surface area contributed by atoms with Gasteiger partial charge in [0.05, 0.1) is 7.11 Å². The van der Waals surface area contributed by atoms with Crippen LogP contribution in [0.4, 0.5) is 4.39 Å². The van der Waals surface area contributed by atoms with Crippen molar-refractivity contribution in [1.82, 2.24) is 10.2 Å². The molecule has 0 saturated carbocycles. The van der Waals surface area contributed by atoms with Crippen molar-refractivity contribution < 1.29 is 9.13 Å². The number of hydrogen-bond acceptors (Lipinski definition) is 3. The molecule has 1 aliphatic rings. The number of methoxy groups -OCH3 is 1. The highest BCUT2D eigenvalue weighted by molar-refractivity contribution is 5.33. The Labute approximate surface area is 102 Å². The third-order valence-corrected chi connectivity index (χ3v) is 3.32. The van der Waals surface area contributed by atoms with E-state index in [4.69, 9.17) is 4.74 Å². The summed E-state index contributed by atoms with van der Waals surface area (Å²) in [7, 11) is 3.61. The van der Waals surface area contributed by atoms with E-state index in [0.717, 1.165) is 37.4 Å². The van der Waals surface area contributed by atoms with Gasteiger partial charge in [0.1, 0.15) is 11.6 Å². The largest absolute Gasteiger partial charge is 0.496 e. The molecule has 4 heteroatoms. The van der Waals surface area contributed by atoms with E-state index in [1.165, 1.54) is 6.07 Å². The van der Waals surface area contributed by atoms with Gasteiger partial charge >= 0.3 is 0 Å². The van der Waals surface area contributed by atoms with Gasteiger partial charge in [0, 0.05) is 31.2 Å². The van der Waals surface area contributed by atoms with Gasteiger partial charge in [-0.3, -0.25) is 4.90 Å². The van der Waals surface area contributed by atoms with E-state index in [0.29, 0.717) is 6.04 Å². The van der Waals surface area contributed by atoms with Crippen molar-refractivity contribution in [1.29, 1.82) is 0 Å². The normalized spacial score (nSPS) is 20.8. The van der Waals surface area contributed by atoms with E-state index in [1.54, 1.807) is 19.2 Å². The highest BCUT2D eigenvalue weighted by atomic mass is 19.1. The SMILES string of the molecule is CNC1CCN(Cc2cc(F)ccc2OC)C1. The Morgan fingerprint density at radius 1 is 1.53 bits per heavy atom. The number of halogens is 1. The van der Waals surface area contributed by atoms with Crippen molar-refractivity contribution in [3.05, 3.63) is 29.6 Å². The van der Waals surface area contributed by atoms with Crippen molar-refractivity contribution in [2.45, 2.75) is 19.0 Å². The summed E-state index contributed by atoms with van der Waals surface area (Å²) in [6.07, 6.45) is 1.15. The van der Waals surface area contributed by atoms with Gasteiger partial charge in [-0.25, -0.2) is 4.39 Å². The number of rotatable bonds is 4. The van der Waals surface area contributed by atoms with Gasteiger partial charge in [-0.15, -0.1) is 0 Å². The number of hydrogen-bond donors (Lipinski definition) is 1. The molecule has 1 aromatic rings. The van der Waals surface area contributed by atoms with Gasteiger partial charge in [-0.05, 0) is 31.7 Å². The molecule has 1 aromatic carbocycles. The summed E-state index contributed by atoms with van der Waals surface area (Å²) in [4.78, 5) is 2.32. The van der Waals surface area contributed by atoms with E-state index in [1.807, 2.05) is 7.05 Å². The van der Waals surface area contributed by atoms with Crippen molar-refractivity contribution in [2.75, 3.05) is 27.2 Å². The second-order valence-electron chi connectivity index (χ2n) is 4.47. The van der Waals surface area contributed by atoms with Gasteiger partial charge in [-0.1, -0.05) is 0 Å². The van der Waals surface area contributed by atoms with Crippen LogP contribution < -0.4 is 10.1 Å². The second kappa shape index (κ2) is 5.47. The van der Waals surface area contributed by atoms with Crippen LogP contribution in [0.15, 0.2) is 18.2 Å². The van der Waals surface area contributed by atoms with Crippen LogP contribution in [0.3, 0.4) is 0 Å². The molecule has 1 unspecified atom stereocenters. The first-order valence-electron chi connectivity index (χ1n) is 5.95. The third kappa shape index (κ3) is 2.96. The fourth-order valence-electron chi connectivity index (χ4n) is 2.32. The predicted molar refractivity (Wildman–Crippen MR) is 65.7 cm³/mol. The van der Waals surface area contributed by atoms with Gasteiger partial charge in [0.25, 0.3) is 0 Å². The van der Waals surface area contributed by atoms with Crippen LogP contribution in [0.2, 0.25) is 0 Å². The van der Waals surface area contributed by atoms with Crippen LogP contribution in [-0.2, 0) is 6.54 Å². The van der Waals surface area contributed by atoms with E-state index in [9.17, 15) is 4.39 Å². The van der Waals surface area contributed by atoms with Crippen molar-refractivity contribution >= 4 is 0 Å². The van der Waals surface area contributed by atoms with Crippen LogP contribution in [0.1, 0.15) is 12.0 Å². The molecule has 1 saturated heterocycles. The Hall–Kier alpha value is -1.13. The lowest BCUT2D eigenvalue weighted by molar-refractivity contribution is 0.312. The molecule has 1 N–H and O–H groups in total. The molecule has 2 rings (SSSR count). The summed E-state index contributed by atoms with van der Waals surface area (Å²) < 4.78 is 18.5. The maximum absolute atomic E-state index is 13.2. The van der Waals surface area contributed by atoms with Crippen LogP contribution in [0, 0.1) is 5.82 Å². The molecular formula is C13H19FN2O. The molecule has 3 nitrogen and oxygen atoms in total. The minimum Gasteiger partial charge on any atom is -0.496 e. The Morgan fingerprint density at radius 2 is 2.35 bits per heavy atom. The lowest BCUT2D eigenvalue weighted by Gasteiger charge is -2.17. The smallest absolute Gasteiger partial charge is 0.123 e. The number of nitrogens with one attached hydrogen (secondary N) is 1. The quantitative estimate of drug-likeness (QED) is 0.863. The third-order valence-electron chi connectivity index (χ3n) is 3.32. The summed E-state index contributed by atoms with van der Waals surface area (Å²) >= 11 is 0. The Kier molecular flexibility index (Phi) is 3.97. The Morgan fingerprint density at radius 3 is 3.00 bits per heavy atom. The second-order valence-corrected chi connectivity index (χ2v) is 4.47. The molecule has 1 heterocycles. The van der Waals surface area contributed by atoms with Crippen LogP contribution in [0.5, 0.6) is 5.75 Å². The molecule has 1 atom stereocenters. The molecule has 0 spiro atoms. The highest BCUT2D eigenvalue weighted by Crippen LogP contribution is 2.22. The minimum absolute atomic E-state index is 0.204. The topological polar surface area (TPSA) is 24.5 Å². The molecule has 0 aromatic heterocycles. The summed E-state index contributed by atoms with van der Waals surface area (Å²) in [6, 6.07) is 5.24. The first-order valence-corrected chi connectivity index (χ1v) is 5.95. The summed E-state index contributed by atoms with van der Waals surface area (Å²) in [5.41, 5.74) is 0.921. The average molecular weight is 238 g/mol. The number of benzene rings is 1. The Bertz CT molecular complexity index is 384. The van der Waals surface area contributed by atoms with Gasteiger partial charge < -0.3 is 10.1 Å². The number of likely N-dealkylation sites (N-methyl/N-ethyl adjacent to an activating group) is 1. The first-order chi connectivity index (χ1) is 8.22. The fraction of sp³-hybridized carbons (Fsp3) is 0.538. The molecule has 0 amide bonds. The van der Waals surface area contributed by atoms with Crippen LogP contribution in [0.25, 0.3) is 0 Å². The summed E-state index contributed by atoms with van der Waals surface area (Å²) in [6.45, 7) is 2.81. The average Bonchev–Trinajstić information content (AvgIpc) is 2.77. The van der Waals surface area contributed by atoms with E-state index in [2.05, 4.69) is 10.2 Å². The summed E-state index contributed by atoms with van der Waals surface area (Å²) in [5, 5.41) is 3.27. The monoisotopic (exact) mass is 238 g/mol. The van der Waals surface area contributed by atoms with Gasteiger partial charge in [-0.2, -0.15) is 0 Å². The lowest BCUT2D eigenvalue weighted by Crippen LogP contribution is -2.29. The highest BCUT2D eigenvalue weighted by Gasteiger charge is 2.21. The number of ether oxygens (including phenoxy) is 1. The van der Waals surface area contributed by atoms with Crippen molar-refractivity contribution in [3.8, 4) is 5.75 Å². The summed E-state index contributed by atoms with van der Waals surface area (Å²) in [5.74, 6) is 0.560. The van der Waals surface area contributed by atoms with Crippen molar-refractivity contribution in [2.24, 2.45) is 0 Å². The van der Waals surface area contributed by atoms with Crippen LogP contribution >= 0.6 is 0 Å². The van der Waals surface area contributed by atoms with Crippen molar-refractivity contribution in [3.63, 3.8) is 0 Å². The van der Waals surface area contributed by atoms with Gasteiger partial charge in [0.2, 0.25) is 0 Å². The number of likely N-dealkylation sites (tertiary alicyclic amines) is 1. The lowest BCUT2D eigenvalue weighted by atomic mass is 10.2. The molecule has 0 bridgehead atoms. The molecule has 94 valence electrons. The number of nitrogens with zero attached hydrogens (tertiary/aromatic N) is 1. The molecular weight excluding hydrogens is 219 g/mol. The van der Waals surface area contributed by atoms with E-state index < -0.39 is 0 Å². The minimum atomic E-state index is -0.204. The fourth-order valence-corrected chi connectivity index (χ4v) is 2.32.